The molecule has 0 fully saturated rings. The summed E-state index contributed by atoms with van der Waals surface area (Å²) in [6.07, 6.45) is -5.88. The molecule has 0 aliphatic rings. The van der Waals surface area contributed by atoms with Crippen molar-refractivity contribution in [3.05, 3.63) is 35.7 Å². The molecule has 0 aliphatic heterocycles. The Morgan fingerprint density at radius 3 is 2.43 bits per heavy atom. The largest absolute Gasteiger partial charge is 0.478 e. The highest BCUT2D eigenvalue weighted by Gasteiger charge is 2.63. The van der Waals surface area contributed by atoms with E-state index in [0.29, 0.717) is 0 Å². The fraction of sp³-hybridized carbons (Fsp3) is 0.182. The summed E-state index contributed by atoms with van der Waals surface area (Å²) >= 11 is 0. The van der Waals surface area contributed by atoms with Crippen molar-refractivity contribution in [2.45, 2.75) is 12.1 Å². The summed E-state index contributed by atoms with van der Waals surface area (Å²) in [5.41, 5.74) is -0.274. The minimum atomic E-state index is -5.88. The maximum atomic E-state index is 13.0. The number of nitrogens with zero attached hydrogens (tertiary/aromatic N) is 2. The van der Waals surface area contributed by atoms with E-state index in [9.17, 15) is 26.7 Å². The summed E-state index contributed by atoms with van der Waals surface area (Å²) in [6.45, 7) is 0. The van der Waals surface area contributed by atoms with Gasteiger partial charge in [0, 0.05) is 5.56 Å². The van der Waals surface area contributed by atoms with Gasteiger partial charge in [-0.25, -0.2) is 4.79 Å². The van der Waals surface area contributed by atoms with E-state index in [0.717, 1.165) is 6.07 Å². The number of aromatic nitrogens is 2. The lowest BCUT2D eigenvalue weighted by atomic mass is 10.1. The predicted molar refractivity (Wildman–Crippen MR) is 56.6 cm³/mol. The third-order valence-electron chi connectivity index (χ3n) is 2.42. The minimum absolute atomic E-state index is 0.0668. The van der Waals surface area contributed by atoms with Crippen LogP contribution in [0.2, 0.25) is 0 Å². The van der Waals surface area contributed by atoms with Crippen LogP contribution < -0.4 is 0 Å². The molecule has 0 radical (unpaired) electrons. The summed E-state index contributed by atoms with van der Waals surface area (Å²) in [6, 6.07) is 4.73. The number of alkyl halides is 5. The molecule has 0 amide bonds. The molecule has 21 heavy (non-hydrogen) atoms. The first-order chi connectivity index (χ1) is 9.63. The van der Waals surface area contributed by atoms with Gasteiger partial charge in [-0.15, -0.1) is 0 Å². The molecule has 1 aromatic heterocycles. The minimum Gasteiger partial charge on any atom is -0.478 e. The Hall–Kier alpha value is -2.52. The Kier molecular flexibility index (Phi) is 3.39. The van der Waals surface area contributed by atoms with Gasteiger partial charge in [0.1, 0.15) is 0 Å². The smallest absolute Gasteiger partial charge is 0.463 e. The van der Waals surface area contributed by atoms with Crippen molar-refractivity contribution >= 4 is 5.97 Å². The second-order valence-electron chi connectivity index (χ2n) is 3.88. The van der Waals surface area contributed by atoms with Crippen LogP contribution in [-0.2, 0) is 5.92 Å². The van der Waals surface area contributed by atoms with Gasteiger partial charge >= 0.3 is 24.0 Å². The third kappa shape index (κ3) is 2.69. The maximum Gasteiger partial charge on any atom is 0.463 e. The van der Waals surface area contributed by atoms with Crippen LogP contribution in [0.3, 0.4) is 0 Å². The lowest BCUT2D eigenvalue weighted by molar-refractivity contribution is -0.298. The molecule has 1 N–H and O–H groups in total. The topological polar surface area (TPSA) is 76.2 Å². The highest BCUT2D eigenvalue weighted by Crippen LogP contribution is 2.43. The zero-order valence-electron chi connectivity index (χ0n) is 9.86. The fourth-order valence-electron chi connectivity index (χ4n) is 1.38. The van der Waals surface area contributed by atoms with Crippen molar-refractivity contribution in [2.24, 2.45) is 0 Å². The zero-order chi connectivity index (χ0) is 15.8. The van der Waals surface area contributed by atoms with Crippen molar-refractivity contribution in [1.82, 2.24) is 10.1 Å². The highest BCUT2D eigenvalue weighted by molar-refractivity contribution is 5.89. The van der Waals surface area contributed by atoms with Gasteiger partial charge in [-0.2, -0.15) is 26.9 Å². The van der Waals surface area contributed by atoms with Gasteiger partial charge in [-0.05, 0) is 12.1 Å². The van der Waals surface area contributed by atoms with Gasteiger partial charge < -0.3 is 9.63 Å². The van der Waals surface area contributed by atoms with E-state index in [1.54, 1.807) is 0 Å². The number of halogens is 5. The van der Waals surface area contributed by atoms with Crippen molar-refractivity contribution in [2.75, 3.05) is 0 Å². The number of aromatic carboxylic acids is 1. The number of carbonyl (C=O) groups is 1. The van der Waals surface area contributed by atoms with E-state index in [1.165, 1.54) is 18.2 Å². The Balaban J connectivity index is 2.41. The molecule has 0 aliphatic carbocycles. The number of carboxylic acids is 1. The van der Waals surface area contributed by atoms with Crippen LogP contribution in [0.1, 0.15) is 16.2 Å². The average Bonchev–Trinajstić information content (AvgIpc) is 2.87. The van der Waals surface area contributed by atoms with Crippen molar-refractivity contribution < 1.29 is 36.4 Å². The first kappa shape index (κ1) is 14.9. The van der Waals surface area contributed by atoms with E-state index in [-0.39, 0.29) is 11.1 Å². The van der Waals surface area contributed by atoms with Gasteiger partial charge in [0.05, 0.1) is 5.56 Å². The van der Waals surface area contributed by atoms with E-state index in [2.05, 4.69) is 14.7 Å². The standard InChI is InChI=1S/C11H5F5N2O3/c12-10(13,11(14,15)16)9-17-7(18-21-9)5-2-1-3-6(4-5)8(19)20/h1-4H,(H,19,20). The Labute approximate surface area is 113 Å². The number of hydrogen-bond donors (Lipinski definition) is 1. The molecule has 5 nitrogen and oxygen atoms in total. The maximum absolute atomic E-state index is 13.0. The summed E-state index contributed by atoms with van der Waals surface area (Å²) in [5.74, 6) is -9.08. The van der Waals surface area contributed by atoms with Gasteiger partial charge in [0.2, 0.25) is 5.82 Å². The first-order valence-electron chi connectivity index (χ1n) is 5.25. The van der Waals surface area contributed by atoms with Crippen LogP contribution in [0.5, 0.6) is 0 Å². The SMILES string of the molecule is O=C(O)c1cccc(-c2noc(C(F)(F)C(F)(F)F)n2)c1. The molecule has 1 aromatic carbocycles. The van der Waals surface area contributed by atoms with Gasteiger partial charge in [0.15, 0.2) is 0 Å². The van der Waals surface area contributed by atoms with E-state index in [4.69, 9.17) is 5.11 Å². The molecule has 2 rings (SSSR count). The van der Waals surface area contributed by atoms with Crippen molar-refractivity contribution in [3.8, 4) is 11.4 Å². The second-order valence-corrected chi connectivity index (χ2v) is 3.88. The predicted octanol–water partition coefficient (Wildman–Crippen LogP) is 3.09. The molecule has 1 heterocycles. The number of carboxylic acid groups (broad SMARTS) is 1. The van der Waals surface area contributed by atoms with E-state index >= 15 is 0 Å². The molecule has 2 aromatic rings. The summed E-state index contributed by atoms with van der Waals surface area (Å²) < 4.78 is 66.3. The van der Waals surface area contributed by atoms with Crippen LogP contribution in [0.25, 0.3) is 11.4 Å². The highest BCUT2D eigenvalue weighted by atomic mass is 19.4. The number of hydrogen-bond acceptors (Lipinski definition) is 4. The van der Waals surface area contributed by atoms with Gasteiger partial charge in [0.25, 0.3) is 0 Å². The molecule has 0 bridgehead atoms. The van der Waals surface area contributed by atoms with Gasteiger partial charge in [-0.1, -0.05) is 17.3 Å². The lowest BCUT2D eigenvalue weighted by Crippen LogP contribution is -2.33. The normalized spacial score (nSPS) is 12.4. The summed E-state index contributed by atoms with van der Waals surface area (Å²) in [5, 5.41) is 11.8. The number of rotatable bonds is 3. The Morgan fingerprint density at radius 2 is 1.86 bits per heavy atom. The Morgan fingerprint density at radius 1 is 1.19 bits per heavy atom. The van der Waals surface area contributed by atoms with Crippen molar-refractivity contribution in [1.29, 1.82) is 0 Å². The summed E-state index contributed by atoms with van der Waals surface area (Å²) in [4.78, 5) is 13.7. The molecule has 10 heteroatoms. The second kappa shape index (κ2) is 4.79. The molecule has 0 unspecified atom stereocenters. The van der Waals surface area contributed by atoms with Crippen LogP contribution in [0.15, 0.2) is 28.8 Å². The monoisotopic (exact) mass is 308 g/mol. The Bertz CT molecular complexity index is 680. The molecule has 0 saturated heterocycles. The first-order valence-corrected chi connectivity index (χ1v) is 5.25. The van der Waals surface area contributed by atoms with Crippen LogP contribution >= 0.6 is 0 Å². The quantitative estimate of drug-likeness (QED) is 0.882. The van der Waals surface area contributed by atoms with Crippen LogP contribution in [0, 0.1) is 0 Å². The zero-order valence-corrected chi connectivity index (χ0v) is 9.86. The fourth-order valence-corrected chi connectivity index (χ4v) is 1.38. The molecule has 0 saturated carbocycles. The number of benzene rings is 1. The van der Waals surface area contributed by atoms with Gasteiger partial charge in [-0.3, -0.25) is 0 Å². The molecule has 0 spiro atoms. The molecular formula is C11H5F5N2O3. The van der Waals surface area contributed by atoms with Crippen molar-refractivity contribution in [3.63, 3.8) is 0 Å². The van der Waals surface area contributed by atoms with Crippen LogP contribution in [0.4, 0.5) is 22.0 Å². The lowest BCUT2D eigenvalue weighted by Gasteiger charge is -2.14. The van der Waals surface area contributed by atoms with Crippen LogP contribution in [-0.4, -0.2) is 27.4 Å². The third-order valence-corrected chi connectivity index (χ3v) is 2.42. The van der Waals surface area contributed by atoms with E-state index < -0.39 is 29.8 Å². The molecule has 0 atom stereocenters. The summed E-state index contributed by atoms with van der Waals surface area (Å²) in [7, 11) is 0. The van der Waals surface area contributed by atoms with E-state index in [1.807, 2.05) is 0 Å². The molecular weight excluding hydrogens is 303 g/mol. The molecule has 112 valence electrons. The average molecular weight is 308 g/mol.